The third-order valence-corrected chi connectivity index (χ3v) is 9.39. The summed E-state index contributed by atoms with van der Waals surface area (Å²) in [5.41, 5.74) is 1.59. The fourth-order valence-electron chi connectivity index (χ4n) is 4.23. The van der Waals surface area contributed by atoms with Crippen molar-refractivity contribution in [3.05, 3.63) is 47.6 Å². The Hall–Kier alpha value is -3.20. The van der Waals surface area contributed by atoms with Crippen molar-refractivity contribution in [1.82, 2.24) is 29.7 Å². The van der Waals surface area contributed by atoms with Crippen LogP contribution < -0.4 is 9.46 Å². The van der Waals surface area contributed by atoms with Crippen LogP contribution in [0.1, 0.15) is 41.3 Å². The monoisotopic (exact) mass is 573 g/mol. The first-order valence-corrected chi connectivity index (χ1v) is 15.2. The summed E-state index contributed by atoms with van der Waals surface area (Å²) >= 11 is 1.22. The van der Waals surface area contributed by atoms with E-state index in [0.717, 1.165) is 13.1 Å². The van der Waals surface area contributed by atoms with Gasteiger partial charge in [-0.05, 0) is 31.9 Å². The van der Waals surface area contributed by atoms with E-state index in [9.17, 15) is 13.2 Å². The molecule has 14 heteroatoms. The van der Waals surface area contributed by atoms with Gasteiger partial charge in [-0.2, -0.15) is 0 Å². The number of rotatable bonds is 11. The van der Waals surface area contributed by atoms with E-state index in [1.807, 2.05) is 6.92 Å². The maximum absolute atomic E-state index is 13.7. The van der Waals surface area contributed by atoms with E-state index in [0.29, 0.717) is 72.0 Å². The number of nitrogens with zero attached hydrogens (tertiary/aromatic N) is 6. The Balaban J connectivity index is 1.39. The zero-order valence-electron chi connectivity index (χ0n) is 21.8. The third-order valence-electron chi connectivity index (χ3n) is 6.51. The molecular formula is C25H31N7O5S2. The van der Waals surface area contributed by atoms with E-state index in [2.05, 4.69) is 29.6 Å². The standard InChI is InChI=1S/C25H31N7O5S2/c1-3-37-23-15-26-13-20(29-23)22-14-28-24(38-22)25(33)31(2)21(16-32-8-10-36-11-9-32)19-12-17(6-7-27-19)30-39(34,35)18-4-5-18/h6-7,12-15,18,21H,3-5,8-11,16H2,1-2H3,(H,27,30)/t21-/m1/s1. The number of sulfonamides is 1. The first-order valence-electron chi connectivity index (χ1n) is 12.8. The lowest BCUT2D eigenvalue weighted by Gasteiger charge is -2.34. The highest BCUT2D eigenvalue weighted by Crippen LogP contribution is 2.31. The average molecular weight is 574 g/mol. The molecule has 2 aliphatic rings. The van der Waals surface area contributed by atoms with E-state index < -0.39 is 16.1 Å². The number of amides is 1. The Labute approximate surface area is 231 Å². The number of aromatic nitrogens is 4. The number of carbonyl (C=O) groups is 1. The number of likely N-dealkylation sites (N-methyl/N-ethyl adjacent to an activating group) is 1. The summed E-state index contributed by atoms with van der Waals surface area (Å²) in [6.07, 6.45) is 7.65. The smallest absolute Gasteiger partial charge is 0.283 e. The Morgan fingerprint density at radius 2 is 2.05 bits per heavy atom. The summed E-state index contributed by atoms with van der Waals surface area (Å²) in [7, 11) is -1.72. The van der Waals surface area contributed by atoms with Gasteiger partial charge in [0.05, 0.1) is 59.8 Å². The maximum atomic E-state index is 13.7. The minimum Gasteiger partial charge on any atom is -0.477 e. The Bertz CT molecular complexity index is 1410. The van der Waals surface area contributed by atoms with Crippen LogP contribution in [0.25, 0.3) is 10.6 Å². The lowest BCUT2D eigenvalue weighted by molar-refractivity contribution is 0.0237. The van der Waals surface area contributed by atoms with Crippen LogP contribution in [-0.4, -0.2) is 95.8 Å². The van der Waals surface area contributed by atoms with Crippen molar-refractivity contribution in [2.75, 3.05) is 51.2 Å². The van der Waals surface area contributed by atoms with E-state index in [-0.39, 0.29) is 11.2 Å². The molecule has 1 N–H and O–H groups in total. The molecule has 5 rings (SSSR count). The number of pyridine rings is 1. The van der Waals surface area contributed by atoms with Gasteiger partial charge in [-0.3, -0.25) is 24.4 Å². The molecule has 4 heterocycles. The number of hydrogen-bond acceptors (Lipinski definition) is 11. The van der Waals surface area contributed by atoms with Gasteiger partial charge in [-0.1, -0.05) is 0 Å². The van der Waals surface area contributed by atoms with Gasteiger partial charge in [0, 0.05) is 39.1 Å². The fraction of sp³-hybridized carbons (Fsp3) is 0.480. The van der Waals surface area contributed by atoms with Crippen molar-refractivity contribution in [2.45, 2.75) is 31.1 Å². The molecule has 0 aromatic carbocycles. The highest BCUT2D eigenvalue weighted by Gasteiger charge is 2.36. The Kier molecular flexibility index (Phi) is 8.35. The number of hydrogen-bond donors (Lipinski definition) is 1. The highest BCUT2D eigenvalue weighted by molar-refractivity contribution is 7.93. The van der Waals surface area contributed by atoms with Gasteiger partial charge in [0.1, 0.15) is 5.69 Å². The van der Waals surface area contributed by atoms with Crippen LogP contribution in [0.4, 0.5) is 5.69 Å². The highest BCUT2D eigenvalue weighted by atomic mass is 32.2. The second-order valence-corrected chi connectivity index (χ2v) is 12.4. The van der Waals surface area contributed by atoms with Crippen LogP contribution in [0.3, 0.4) is 0 Å². The molecule has 39 heavy (non-hydrogen) atoms. The number of morpholine rings is 1. The lowest BCUT2D eigenvalue weighted by Crippen LogP contribution is -2.44. The molecule has 0 spiro atoms. The summed E-state index contributed by atoms with van der Waals surface area (Å²) in [5.74, 6) is 0.131. The molecule has 2 fully saturated rings. The summed E-state index contributed by atoms with van der Waals surface area (Å²) < 4.78 is 38.7. The van der Waals surface area contributed by atoms with Crippen LogP contribution >= 0.6 is 11.3 Å². The summed E-state index contributed by atoms with van der Waals surface area (Å²) in [5, 5.41) is -0.0470. The molecule has 3 aromatic heterocycles. The minimum absolute atomic E-state index is 0.274. The minimum atomic E-state index is -3.43. The van der Waals surface area contributed by atoms with Crippen molar-refractivity contribution in [1.29, 1.82) is 0 Å². The summed E-state index contributed by atoms with van der Waals surface area (Å²) in [4.78, 5) is 35.7. The molecule has 1 amide bonds. The zero-order valence-corrected chi connectivity index (χ0v) is 23.4. The van der Waals surface area contributed by atoms with Gasteiger partial charge in [0.25, 0.3) is 5.91 Å². The molecular weight excluding hydrogens is 542 g/mol. The fourth-order valence-corrected chi connectivity index (χ4v) is 6.46. The normalized spacial score (nSPS) is 17.0. The van der Waals surface area contributed by atoms with Crippen molar-refractivity contribution < 1.29 is 22.7 Å². The van der Waals surface area contributed by atoms with Crippen LogP contribution in [0.5, 0.6) is 5.88 Å². The predicted octanol–water partition coefficient (Wildman–Crippen LogP) is 2.44. The van der Waals surface area contributed by atoms with E-state index in [1.54, 1.807) is 42.7 Å². The number of carbonyl (C=O) groups excluding carboxylic acids is 1. The molecule has 1 aliphatic carbocycles. The van der Waals surface area contributed by atoms with Gasteiger partial charge in [0.2, 0.25) is 15.9 Å². The Morgan fingerprint density at radius 1 is 1.26 bits per heavy atom. The van der Waals surface area contributed by atoms with Gasteiger partial charge in [0.15, 0.2) is 5.01 Å². The molecule has 208 valence electrons. The van der Waals surface area contributed by atoms with E-state index in [4.69, 9.17) is 9.47 Å². The number of thiazole rings is 1. The van der Waals surface area contributed by atoms with Crippen LogP contribution in [0.15, 0.2) is 36.9 Å². The van der Waals surface area contributed by atoms with Crippen LogP contribution in [-0.2, 0) is 14.8 Å². The molecule has 1 atom stereocenters. The van der Waals surface area contributed by atoms with E-state index >= 15 is 0 Å². The second kappa shape index (κ2) is 11.9. The molecule has 0 unspecified atom stereocenters. The van der Waals surface area contributed by atoms with Gasteiger partial charge in [-0.25, -0.2) is 18.4 Å². The van der Waals surface area contributed by atoms with Gasteiger partial charge < -0.3 is 14.4 Å². The number of anilines is 1. The number of nitrogens with one attached hydrogen (secondary N) is 1. The first-order chi connectivity index (χ1) is 18.8. The molecule has 0 radical (unpaired) electrons. The predicted molar refractivity (Wildman–Crippen MR) is 146 cm³/mol. The zero-order chi connectivity index (χ0) is 27.4. The van der Waals surface area contributed by atoms with Crippen molar-refractivity contribution in [2.24, 2.45) is 0 Å². The molecule has 1 aliphatic heterocycles. The van der Waals surface area contributed by atoms with Crippen molar-refractivity contribution in [3.8, 4) is 16.5 Å². The Morgan fingerprint density at radius 3 is 2.79 bits per heavy atom. The van der Waals surface area contributed by atoms with Crippen LogP contribution in [0.2, 0.25) is 0 Å². The quantitative estimate of drug-likeness (QED) is 0.364. The van der Waals surface area contributed by atoms with Gasteiger partial charge >= 0.3 is 0 Å². The van der Waals surface area contributed by atoms with Crippen molar-refractivity contribution in [3.63, 3.8) is 0 Å². The SMILES string of the molecule is CCOc1cncc(-c2cnc(C(=O)N(C)[C@H](CN3CCOCC3)c3cc(NS(=O)(=O)C4CC4)ccn3)s2)n1. The summed E-state index contributed by atoms with van der Waals surface area (Å²) in [6.45, 7) is 5.52. The molecule has 3 aromatic rings. The second-order valence-electron chi connectivity index (χ2n) is 9.37. The topological polar surface area (TPSA) is 140 Å². The maximum Gasteiger partial charge on any atom is 0.283 e. The largest absolute Gasteiger partial charge is 0.477 e. The van der Waals surface area contributed by atoms with Crippen LogP contribution in [0, 0.1) is 0 Å². The first kappa shape index (κ1) is 27.4. The summed E-state index contributed by atoms with van der Waals surface area (Å²) in [6, 6.07) is 2.88. The van der Waals surface area contributed by atoms with Gasteiger partial charge in [-0.15, -0.1) is 11.3 Å². The van der Waals surface area contributed by atoms with Crippen molar-refractivity contribution >= 4 is 33.0 Å². The lowest BCUT2D eigenvalue weighted by atomic mass is 10.1. The number of ether oxygens (including phenoxy) is 2. The molecule has 1 saturated carbocycles. The molecule has 1 saturated heterocycles. The molecule has 0 bridgehead atoms. The molecule has 12 nitrogen and oxygen atoms in total. The average Bonchev–Trinajstić information content (AvgIpc) is 3.70. The van der Waals surface area contributed by atoms with E-state index in [1.165, 1.54) is 17.5 Å². The third kappa shape index (κ3) is 6.69.